The van der Waals surface area contributed by atoms with Gasteiger partial charge in [0.1, 0.15) is 0 Å². The van der Waals surface area contributed by atoms with Crippen LogP contribution < -0.4 is 5.32 Å². The summed E-state index contributed by atoms with van der Waals surface area (Å²) in [5.74, 6) is 0.168. The van der Waals surface area contributed by atoms with Crippen molar-refractivity contribution in [3.05, 3.63) is 35.4 Å². The zero-order valence-corrected chi connectivity index (χ0v) is 13.2. The maximum atomic E-state index is 12.5. The zero-order chi connectivity index (χ0) is 16.7. The number of alkyl halides is 3. The van der Waals surface area contributed by atoms with Crippen molar-refractivity contribution in [3.8, 4) is 0 Å². The molecule has 1 aliphatic rings. The Morgan fingerprint density at radius 3 is 2.39 bits per heavy atom. The second kappa shape index (κ2) is 8.34. The van der Waals surface area contributed by atoms with E-state index in [1.165, 1.54) is 0 Å². The minimum atomic E-state index is -4.26. The largest absolute Gasteiger partial charge is 0.416 e. The van der Waals surface area contributed by atoms with Gasteiger partial charge in [0.2, 0.25) is 5.91 Å². The van der Waals surface area contributed by atoms with Gasteiger partial charge >= 0.3 is 6.18 Å². The lowest BCUT2D eigenvalue weighted by Gasteiger charge is -2.27. The summed E-state index contributed by atoms with van der Waals surface area (Å²) in [4.78, 5) is 13.5. The lowest BCUT2D eigenvalue weighted by atomic mass is 10.0. The number of nitrogens with one attached hydrogen (secondary N) is 1. The summed E-state index contributed by atoms with van der Waals surface area (Å²) in [6, 6.07) is 5.40. The number of rotatable bonds is 7. The lowest BCUT2D eigenvalue weighted by molar-refractivity contribution is -0.137. The number of piperazine rings is 1. The molecule has 1 amide bonds. The molecule has 1 aromatic carbocycles. The first-order valence-electron chi connectivity index (χ1n) is 8.11. The maximum absolute atomic E-state index is 12.5. The Kier molecular flexibility index (Phi) is 6.45. The summed E-state index contributed by atoms with van der Waals surface area (Å²) in [5, 5.41) is 3.04. The van der Waals surface area contributed by atoms with Crippen LogP contribution in [-0.4, -0.2) is 37.0 Å². The van der Waals surface area contributed by atoms with Gasteiger partial charge in [-0.05, 0) is 37.0 Å². The second-order valence-corrected chi connectivity index (χ2v) is 5.92. The summed E-state index contributed by atoms with van der Waals surface area (Å²) < 4.78 is 37.4. The van der Waals surface area contributed by atoms with Crippen LogP contribution in [0.1, 0.15) is 36.8 Å². The van der Waals surface area contributed by atoms with Crippen molar-refractivity contribution in [2.24, 2.45) is 0 Å². The van der Waals surface area contributed by atoms with E-state index in [4.69, 9.17) is 0 Å². The first kappa shape index (κ1) is 17.8. The number of unbranched alkanes of at least 4 members (excludes halogenated alkanes) is 3. The number of hydrogen-bond acceptors (Lipinski definition) is 2. The minimum Gasteiger partial charge on any atom is -0.340 e. The van der Waals surface area contributed by atoms with Gasteiger partial charge < -0.3 is 10.2 Å². The molecular formula is C17H23F3N2O. The fourth-order valence-corrected chi connectivity index (χ4v) is 2.73. The van der Waals surface area contributed by atoms with Crippen LogP contribution in [0.3, 0.4) is 0 Å². The number of amides is 1. The van der Waals surface area contributed by atoms with Crippen molar-refractivity contribution in [1.82, 2.24) is 10.2 Å². The van der Waals surface area contributed by atoms with Gasteiger partial charge in [0.05, 0.1) is 12.1 Å². The standard InChI is InChI=1S/C17H23F3N2O/c18-17(19,20)15-8-6-14(7-9-15)5-3-1-2-4-11-22-12-10-21-13-16(22)23/h6-9,21H,1-5,10-13H2. The second-order valence-electron chi connectivity index (χ2n) is 5.92. The number of halogens is 3. The molecule has 0 saturated carbocycles. The van der Waals surface area contributed by atoms with Gasteiger partial charge in [-0.15, -0.1) is 0 Å². The third kappa shape index (κ3) is 5.86. The highest BCUT2D eigenvalue weighted by Gasteiger charge is 2.29. The SMILES string of the molecule is O=C1CNCCN1CCCCCCc1ccc(C(F)(F)F)cc1. The van der Waals surface area contributed by atoms with Crippen LogP contribution in [0.15, 0.2) is 24.3 Å². The Morgan fingerprint density at radius 1 is 1.04 bits per heavy atom. The van der Waals surface area contributed by atoms with E-state index in [2.05, 4.69) is 5.32 Å². The lowest BCUT2D eigenvalue weighted by Crippen LogP contribution is -2.48. The van der Waals surface area contributed by atoms with Crippen LogP contribution >= 0.6 is 0 Å². The molecule has 1 saturated heterocycles. The average Bonchev–Trinajstić information content (AvgIpc) is 2.52. The summed E-state index contributed by atoms with van der Waals surface area (Å²) in [6.45, 7) is 2.89. The van der Waals surface area contributed by atoms with Crippen molar-refractivity contribution in [2.75, 3.05) is 26.2 Å². The Morgan fingerprint density at radius 2 is 1.74 bits per heavy atom. The topological polar surface area (TPSA) is 32.3 Å². The molecule has 2 rings (SSSR count). The molecule has 0 unspecified atom stereocenters. The predicted octanol–water partition coefficient (Wildman–Crippen LogP) is 3.24. The fourth-order valence-electron chi connectivity index (χ4n) is 2.73. The average molecular weight is 328 g/mol. The van der Waals surface area contributed by atoms with E-state index < -0.39 is 11.7 Å². The molecule has 0 bridgehead atoms. The summed E-state index contributed by atoms with van der Waals surface area (Å²) in [7, 11) is 0. The van der Waals surface area contributed by atoms with Crippen LogP contribution in [0.2, 0.25) is 0 Å². The fraction of sp³-hybridized carbons (Fsp3) is 0.588. The highest BCUT2D eigenvalue weighted by Crippen LogP contribution is 2.29. The smallest absolute Gasteiger partial charge is 0.340 e. The Balaban J connectivity index is 1.59. The molecule has 1 N–H and O–H groups in total. The number of carbonyl (C=O) groups excluding carboxylic acids is 1. The van der Waals surface area contributed by atoms with Gasteiger partial charge in [-0.2, -0.15) is 13.2 Å². The van der Waals surface area contributed by atoms with Gasteiger partial charge in [-0.25, -0.2) is 0 Å². The normalized spacial score (nSPS) is 16.0. The van der Waals surface area contributed by atoms with E-state index in [0.717, 1.165) is 69.4 Å². The van der Waals surface area contributed by atoms with Crippen LogP contribution in [0.4, 0.5) is 13.2 Å². The third-order valence-corrected chi connectivity index (χ3v) is 4.11. The molecule has 0 spiro atoms. The van der Waals surface area contributed by atoms with Gasteiger partial charge in [-0.1, -0.05) is 25.0 Å². The van der Waals surface area contributed by atoms with Crippen molar-refractivity contribution in [1.29, 1.82) is 0 Å². The van der Waals surface area contributed by atoms with Gasteiger partial charge in [0.15, 0.2) is 0 Å². The third-order valence-electron chi connectivity index (χ3n) is 4.11. The summed E-state index contributed by atoms with van der Waals surface area (Å²) >= 11 is 0. The summed E-state index contributed by atoms with van der Waals surface area (Å²) in [5.41, 5.74) is 0.345. The van der Waals surface area contributed by atoms with Crippen molar-refractivity contribution in [2.45, 2.75) is 38.3 Å². The first-order chi connectivity index (χ1) is 11.0. The maximum Gasteiger partial charge on any atom is 0.416 e. The minimum absolute atomic E-state index is 0.168. The van der Waals surface area contributed by atoms with Crippen molar-refractivity contribution < 1.29 is 18.0 Å². The van der Waals surface area contributed by atoms with Gasteiger partial charge in [0.25, 0.3) is 0 Å². The Bertz CT molecular complexity index is 500. The van der Waals surface area contributed by atoms with Gasteiger partial charge in [-0.3, -0.25) is 4.79 Å². The molecule has 0 atom stereocenters. The van der Waals surface area contributed by atoms with E-state index in [1.54, 1.807) is 12.1 Å². The molecule has 128 valence electrons. The molecule has 1 aromatic rings. The van der Waals surface area contributed by atoms with Crippen LogP contribution in [0.5, 0.6) is 0 Å². The number of carbonyl (C=O) groups is 1. The molecule has 0 aromatic heterocycles. The highest BCUT2D eigenvalue weighted by molar-refractivity contribution is 5.78. The first-order valence-corrected chi connectivity index (χ1v) is 8.11. The van der Waals surface area contributed by atoms with E-state index in [1.807, 2.05) is 4.90 Å². The molecular weight excluding hydrogens is 305 g/mol. The van der Waals surface area contributed by atoms with Crippen LogP contribution in [-0.2, 0) is 17.4 Å². The van der Waals surface area contributed by atoms with Crippen LogP contribution in [0, 0.1) is 0 Å². The molecule has 3 nitrogen and oxygen atoms in total. The molecule has 6 heteroatoms. The number of benzene rings is 1. The van der Waals surface area contributed by atoms with Crippen LogP contribution in [0.25, 0.3) is 0 Å². The van der Waals surface area contributed by atoms with E-state index in [9.17, 15) is 18.0 Å². The van der Waals surface area contributed by atoms with Gasteiger partial charge in [0, 0.05) is 19.6 Å². The summed E-state index contributed by atoms with van der Waals surface area (Å²) in [6.07, 6.45) is 0.545. The number of aryl methyl sites for hydroxylation is 1. The number of hydrogen-bond donors (Lipinski definition) is 1. The Labute approximate surface area is 134 Å². The zero-order valence-electron chi connectivity index (χ0n) is 13.2. The molecule has 1 heterocycles. The molecule has 1 fully saturated rings. The molecule has 23 heavy (non-hydrogen) atoms. The molecule has 0 radical (unpaired) electrons. The predicted molar refractivity (Wildman–Crippen MR) is 83.1 cm³/mol. The van der Waals surface area contributed by atoms with Crippen molar-refractivity contribution in [3.63, 3.8) is 0 Å². The van der Waals surface area contributed by atoms with E-state index >= 15 is 0 Å². The monoisotopic (exact) mass is 328 g/mol. The number of nitrogens with zero attached hydrogens (tertiary/aromatic N) is 1. The Hall–Kier alpha value is -1.56. The molecule has 1 aliphatic heterocycles. The quantitative estimate of drug-likeness (QED) is 0.780. The molecule has 0 aliphatic carbocycles. The van der Waals surface area contributed by atoms with E-state index in [0.29, 0.717) is 6.54 Å². The highest BCUT2D eigenvalue weighted by atomic mass is 19.4. The van der Waals surface area contributed by atoms with E-state index in [-0.39, 0.29) is 5.91 Å². The van der Waals surface area contributed by atoms with Crippen molar-refractivity contribution >= 4 is 5.91 Å².